The molecule has 5 heteroatoms. The summed E-state index contributed by atoms with van der Waals surface area (Å²) in [7, 11) is 1.87. The Balaban J connectivity index is 1.59. The quantitative estimate of drug-likeness (QED) is 0.624. The molecule has 1 saturated carbocycles. The molecule has 2 aliphatic rings. The molecule has 2 fully saturated rings. The molecule has 3 rings (SSSR count). The number of benzene rings is 1. The fraction of sp³-hybridized carbons (Fsp3) is 0.650. The van der Waals surface area contributed by atoms with E-state index in [4.69, 9.17) is 0 Å². The van der Waals surface area contributed by atoms with Crippen molar-refractivity contribution in [2.45, 2.75) is 44.2 Å². The summed E-state index contributed by atoms with van der Waals surface area (Å²) >= 11 is 2.09. The van der Waals surface area contributed by atoms with Crippen LogP contribution in [0.3, 0.4) is 0 Å². The first-order valence-corrected chi connectivity index (χ1v) is 10.7. The zero-order valence-corrected chi connectivity index (χ0v) is 16.4. The van der Waals surface area contributed by atoms with Gasteiger partial charge in [0.05, 0.1) is 6.04 Å². The van der Waals surface area contributed by atoms with Gasteiger partial charge in [0.2, 0.25) is 0 Å². The van der Waals surface area contributed by atoms with Crippen LogP contribution in [-0.4, -0.2) is 54.6 Å². The number of guanidine groups is 1. The second-order valence-corrected chi connectivity index (χ2v) is 8.46. The smallest absolute Gasteiger partial charge is 0.191 e. The minimum absolute atomic E-state index is 0.248. The lowest BCUT2D eigenvalue weighted by molar-refractivity contribution is 0.107. The normalized spacial score (nSPS) is 22.6. The molecule has 4 nitrogen and oxygen atoms in total. The topological polar surface area (TPSA) is 39.7 Å². The van der Waals surface area contributed by atoms with Crippen LogP contribution in [0.4, 0.5) is 0 Å². The van der Waals surface area contributed by atoms with Gasteiger partial charge in [-0.15, -0.1) is 0 Å². The molecule has 0 radical (unpaired) electrons. The fourth-order valence-electron chi connectivity index (χ4n) is 4.15. The summed E-state index contributed by atoms with van der Waals surface area (Å²) in [6.07, 6.45) is 5.35. The standard InChI is InChI=1S/C20H32N4S/c1-17(18-8-4-3-5-9-18)23-19(21-2)22-16-20(10-6-7-11-20)24-12-14-25-15-13-24/h3-5,8-9,17H,6-7,10-16H2,1-2H3,(H2,21,22,23). The lowest BCUT2D eigenvalue weighted by atomic mass is 9.94. The van der Waals surface area contributed by atoms with Crippen LogP contribution in [0.5, 0.6) is 0 Å². The Morgan fingerprint density at radius 3 is 2.52 bits per heavy atom. The second-order valence-electron chi connectivity index (χ2n) is 7.23. The van der Waals surface area contributed by atoms with E-state index in [9.17, 15) is 0 Å². The maximum Gasteiger partial charge on any atom is 0.191 e. The summed E-state index contributed by atoms with van der Waals surface area (Å²) in [5, 5.41) is 7.18. The first-order valence-electron chi connectivity index (χ1n) is 9.58. The summed E-state index contributed by atoms with van der Waals surface area (Å²) < 4.78 is 0. The molecule has 25 heavy (non-hydrogen) atoms. The number of nitrogens with one attached hydrogen (secondary N) is 2. The molecule has 0 aromatic heterocycles. The fourth-order valence-corrected chi connectivity index (χ4v) is 5.05. The Labute approximate surface area is 156 Å². The Hall–Kier alpha value is -1.20. The van der Waals surface area contributed by atoms with Crippen molar-refractivity contribution in [1.82, 2.24) is 15.5 Å². The first kappa shape index (κ1) is 18.6. The predicted molar refractivity (Wildman–Crippen MR) is 109 cm³/mol. The van der Waals surface area contributed by atoms with E-state index in [-0.39, 0.29) is 6.04 Å². The van der Waals surface area contributed by atoms with E-state index in [2.05, 4.69) is 69.5 Å². The molecule has 138 valence electrons. The Morgan fingerprint density at radius 1 is 1.20 bits per heavy atom. The van der Waals surface area contributed by atoms with Crippen LogP contribution in [-0.2, 0) is 0 Å². The molecule has 2 N–H and O–H groups in total. The Morgan fingerprint density at radius 2 is 1.88 bits per heavy atom. The number of nitrogens with zero attached hydrogens (tertiary/aromatic N) is 2. The van der Waals surface area contributed by atoms with Crippen molar-refractivity contribution in [2.24, 2.45) is 4.99 Å². The summed E-state index contributed by atoms with van der Waals surface area (Å²) in [5.74, 6) is 3.47. The summed E-state index contributed by atoms with van der Waals surface area (Å²) in [4.78, 5) is 7.21. The Kier molecular flexibility index (Phi) is 6.65. The van der Waals surface area contributed by atoms with Crippen molar-refractivity contribution in [3.8, 4) is 0 Å². The molecule has 1 aromatic carbocycles. The van der Waals surface area contributed by atoms with Crippen LogP contribution in [0.1, 0.15) is 44.2 Å². The van der Waals surface area contributed by atoms with E-state index >= 15 is 0 Å². The highest BCUT2D eigenvalue weighted by molar-refractivity contribution is 7.99. The van der Waals surface area contributed by atoms with Gasteiger partial charge in [-0.2, -0.15) is 11.8 Å². The molecule has 0 amide bonds. The van der Waals surface area contributed by atoms with Gasteiger partial charge < -0.3 is 10.6 Å². The van der Waals surface area contributed by atoms with Crippen LogP contribution >= 0.6 is 11.8 Å². The van der Waals surface area contributed by atoms with Gasteiger partial charge in [-0.05, 0) is 25.3 Å². The zero-order chi connectivity index (χ0) is 17.5. The van der Waals surface area contributed by atoms with Gasteiger partial charge in [-0.1, -0.05) is 43.2 Å². The second kappa shape index (κ2) is 8.95. The predicted octanol–water partition coefficient (Wildman–Crippen LogP) is 3.27. The van der Waals surface area contributed by atoms with Crippen LogP contribution in [0.25, 0.3) is 0 Å². The molecule has 1 aromatic rings. The monoisotopic (exact) mass is 360 g/mol. The minimum atomic E-state index is 0.248. The molecule has 1 saturated heterocycles. The molecule has 1 aliphatic heterocycles. The molecule has 0 spiro atoms. The lowest BCUT2D eigenvalue weighted by Gasteiger charge is -2.43. The number of thioether (sulfide) groups is 1. The summed E-state index contributed by atoms with van der Waals surface area (Å²) in [6, 6.07) is 10.8. The van der Waals surface area contributed by atoms with E-state index in [0.717, 1.165) is 12.5 Å². The van der Waals surface area contributed by atoms with Crippen molar-refractivity contribution in [2.75, 3.05) is 38.2 Å². The third kappa shape index (κ3) is 4.70. The van der Waals surface area contributed by atoms with Crippen LogP contribution < -0.4 is 10.6 Å². The molecule has 1 heterocycles. The van der Waals surface area contributed by atoms with Crippen molar-refractivity contribution >= 4 is 17.7 Å². The first-order chi connectivity index (χ1) is 12.2. The van der Waals surface area contributed by atoms with Gasteiger partial charge in [-0.25, -0.2) is 0 Å². The van der Waals surface area contributed by atoms with Crippen LogP contribution in [0, 0.1) is 0 Å². The SMILES string of the molecule is CN=C(NCC1(N2CCSCC2)CCCC1)NC(C)c1ccccc1. The van der Waals surface area contributed by atoms with Gasteiger partial charge in [0.25, 0.3) is 0 Å². The van der Waals surface area contributed by atoms with Gasteiger partial charge >= 0.3 is 0 Å². The number of aliphatic imine (C=N–C) groups is 1. The van der Waals surface area contributed by atoms with Gasteiger partial charge in [0.1, 0.15) is 0 Å². The highest BCUT2D eigenvalue weighted by atomic mass is 32.2. The number of hydrogen-bond donors (Lipinski definition) is 2. The van der Waals surface area contributed by atoms with E-state index in [0.29, 0.717) is 5.54 Å². The average Bonchev–Trinajstić information content (AvgIpc) is 3.16. The molecule has 1 unspecified atom stereocenters. The molecular weight excluding hydrogens is 328 g/mol. The third-order valence-electron chi connectivity index (χ3n) is 5.68. The van der Waals surface area contributed by atoms with Gasteiger partial charge in [-0.3, -0.25) is 9.89 Å². The van der Waals surface area contributed by atoms with Crippen molar-refractivity contribution in [1.29, 1.82) is 0 Å². The largest absolute Gasteiger partial charge is 0.355 e. The average molecular weight is 361 g/mol. The summed E-state index contributed by atoms with van der Waals surface area (Å²) in [5.41, 5.74) is 1.61. The van der Waals surface area contributed by atoms with Crippen molar-refractivity contribution in [3.05, 3.63) is 35.9 Å². The molecule has 1 aliphatic carbocycles. The summed E-state index contributed by atoms with van der Waals surface area (Å²) in [6.45, 7) is 5.66. The van der Waals surface area contributed by atoms with E-state index in [1.165, 1.54) is 55.8 Å². The maximum atomic E-state index is 4.46. The van der Waals surface area contributed by atoms with Crippen molar-refractivity contribution < 1.29 is 0 Å². The Bertz CT molecular complexity index is 548. The highest BCUT2D eigenvalue weighted by Gasteiger charge is 2.40. The van der Waals surface area contributed by atoms with Crippen molar-refractivity contribution in [3.63, 3.8) is 0 Å². The van der Waals surface area contributed by atoms with E-state index in [1.807, 2.05) is 7.05 Å². The van der Waals surface area contributed by atoms with E-state index in [1.54, 1.807) is 0 Å². The molecular formula is C20H32N4S. The number of rotatable bonds is 5. The molecule has 1 atom stereocenters. The van der Waals surface area contributed by atoms with Crippen LogP contribution in [0.2, 0.25) is 0 Å². The third-order valence-corrected chi connectivity index (χ3v) is 6.62. The highest BCUT2D eigenvalue weighted by Crippen LogP contribution is 2.36. The molecule has 0 bridgehead atoms. The minimum Gasteiger partial charge on any atom is -0.355 e. The number of hydrogen-bond acceptors (Lipinski definition) is 3. The lowest BCUT2D eigenvalue weighted by Crippen LogP contribution is -2.57. The zero-order valence-electron chi connectivity index (χ0n) is 15.6. The van der Waals surface area contributed by atoms with Gasteiger partial charge in [0.15, 0.2) is 5.96 Å². The van der Waals surface area contributed by atoms with E-state index < -0.39 is 0 Å². The maximum absolute atomic E-state index is 4.46. The van der Waals surface area contributed by atoms with Crippen LogP contribution in [0.15, 0.2) is 35.3 Å². The van der Waals surface area contributed by atoms with Gasteiger partial charge in [0, 0.05) is 43.7 Å².